The molecule has 1 aromatic carbocycles. The molecular weight excluding hydrogens is 295 g/mol. The number of alkyl halides is 1. The Bertz CT molecular complexity index is 428. The molecule has 0 saturated heterocycles. The Kier molecular flexibility index (Phi) is 4.92. The van der Waals surface area contributed by atoms with Gasteiger partial charge in [0, 0.05) is 11.6 Å². The Hall–Kier alpha value is -0.420. The molecule has 0 aliphatic carbocycles. The molecule has 0 fully saturated rings. The van der Waals surface area contributed by atoms with E-state index in [2.05, 4.69) is 15.9 Å². The highest BCUT2D eigenvalue weighted by Crippen LogP contribution is 2.22. The van der Waals surface area contributed by atoms with Crippen molar-refractivity contribution in [2.75, 3.05) is 17.3 Å². The molecule has 2 nitrogen and oxygen atoms in total. The van der Waals surface area contributed by atoms with E-state index in [4.69, 9.17) is 0 Å². The maximum absolute atomic E-state index is 12.7. The van der Waals surface area contributed by atoms with Gasteiger partial charge in [0.2, 0.25) is 0 Å². The molecule has 0 saturated carbocycles. The van der Waals surface area contributed by atoms with Crippen LogP contribution in [-0.4, -0.2) is 25.8 Å². The van der Waals surface area contributed by atoms with Gasteiger partial charge in [-0.05, 0) is 30.0 Å². The van der Waals surface area contributed by atoms with Crippen molar-refractivity contribution in [3.63, 3.8) is 0 Å². The third-order valence-corrected chi connectivity index (χ3v) is 4.12. The summed E-state index contributed by atoms with van der Waals surface area (Å²) in [5.74, 6) is -0.0174. The first-order chi connectivity index (χ1) is 7.42. The Morgan fingerprint density at radius 2 is 1.88 bits per heavy atom. The lowest BCUT2D eigenvalue weighted by Gasteiger charge is -2.13. The van der Waals surface area contributed by atoms with Crippen LogP contribution in [0.25, 0.3) is 0 Å². The predicted molar refractivity (Wildman–Crippen MR) is 67.3 cm³/mol. The highest BCUT2D eigenvalue weighted by Gasteiger charge is 2.13. The molecule has 0 aliphatic rings. The van der Waals surface area contributed by atoms with E-state index in [0.29, 0.717) is 11.8 Å². The fraction of sp³-hybridized carbons (Fsp3) is 0.455. The summed E-state index contributed by atoms with van der Waals surface area (Å²) in [6.45, 7) is 0. The molecule has 90 valence electrons. The van der Waals surface area contributed by atoms with Crippen molar-refractivity contribution < 1.29 is 12.8 Å². The van der Waals surface area contributed by atoms with Gasteiger partial charge in [-0.1, -0.05) is 28.1 Å². The summed E-state index contributed by atoms with van der Waals surface area (Å²) in [6, 6.07) is 6.18. The van der Waals surface area contributed by atoms with Gasteiger partial charge >= 0.3 is 0 Å². The van der Waals surface area contributed by atoms with Crippen LogP contribution in [-0.2, 0) is 9.84 Å². The molecule has 0 bridgehead atoms. The lowest BCUT2D eigenvalue weighted by atomic mass is 9.99. The molecule has 1 rings (SSSR count). The summed E-state index contributed by atoms with van der Waals surface area (Å²) >= 11 is 3.35. The number of hydrogen-bond donors (Lipinski definition) is 0. The Morgan fingerprint density at radius 1 is 1.31 bits per heavy atom. The lowest BCUT2D eigenvalue weighted by molar-refractivity contribution is 0.594. The van der Waals surface area contributed by atoms with Crippen LogP contribution >= 0.6 is 15.9 Å². The number of halogens is 2. The number of hydrogen-bond acceptors (Lipinski definition) is 2. The minimum atomic E-state index is -2.94. The molecule has 16 heavy (non-hydrogen) atoms. The zero-order chi connectivity index (χ0) is 12.2. The highest BCUT2D eigenvalue weighted by molar-refractivity contribution is 9.09. The third kappa shape index (κ3) is 4.61. The molecule has 0 radical (unpaired) electrons. The minimum Gasteiger partial charge on any atom is -0.229 e. The molecule has 0 aromatic heterocycles. The quantitative estimate of drug-likeness (QED) is 0.784. The Labute approximate surface area is 104 Å². The average Bonchev–Trinajstić information content (AvgIpc) is 2.20. The number of sulfone groups is 1. The van der Waals surface area contributed by atoms with Crippen LogP contribution in [0.4, 0.5) is 4.39 Å². The molecule has 5 heteroatoms. The summed E-state index contributed by atoms with van der Waals surface area (Å²) in [7, 11) is -2.94. The first-order valence-electron chi connectivity index (χ1n) is 4.91. The average molecular weight is 309 g/mol. The first kappa shape index (κ1) is 13.6. The van der Waals surface area contributed by atoms with Crippen molar-refractivity contribution in [3.8, 4) is 0 Å². The van der Waals surface area contributed by atoms with Gasteiger partial charge in [-0.25, -0.2) is 12.8 Å². The summed E-state index contributed by atoms with van der Waals surface area (Å²) in [5.41, 5.74) is 0.960. The van der Waals surface area contributed by atoms with E-state index < -0.39 is 9.84 Å². The SMILES string of the molecule is CS(=O)(=O)CCC(CBr)c1ccc(F)cc1. The molecule has 1 aromatic rings. The van der Waals surface area contributed by atoms with Gasteiger partial charge in [0.15, 0.2) is 0 Å². The van der Waals surface area contributed by atoms with E-state index in [1.54, 1.807) is 12.1 Å². The normalized spacial score (nSPS) is 13.7. The fourth-order valence-corrected chi connectivity index (χ4v) is 2.83. The smallest absolute Gasteiger partial charge is 0.147 e. The van der Waals surface area contributed by atoms with E-state index in [1.165, 1.54) is 18.4 Å². The third-order valence-electron chi connectivity index (χ3n) is 2.36. The van der Waals surface area contributed by atoms with Crippen LogP contribution in [0.2, 0.25) is 0 Å². The summed E-state index contributed by atoms with van der Waals surface area (Å²) in [6.07, 6.45) is 1.78. The second-order valence-electron chi connectivity index (χ2n) is 3.82. The zero-order valence-corrected chi connectivity index (χ0v) is 11.4. The van der Waals surface area contributed by atoms with Crippen molar-refractivity contribution >= 4 is 25.8 Å². The number of benzene rings is 1. The molecule has 1 atom stereocenters. The standard InChI is InChI=1S/C11H14BrFO2S/c1-16(14,15)7-6-10(8-12)9-2-4-11(13)5-3-9/h2-5,10H,6-8H2,1H3. The van der Waals surface area contributed by atoms with Gasteiger partial charge in [0.1, 0.15) is 15.7 Å². The largest absolute Gasteiger partial charge is 0.229 e. The van der Waals surface area contributed by atoms with Crippen LogP contribution in [0.1, 0.15) is 17.9 Å². The molecular formula is C11H14BrFO2S. The lowest BCUT2D eigenvalue weighted by Crippen LogP contribution is -2.09. The van der Waals surface area contributed by atoms with E-state index in [1.807, 2.05) is 0 Å². The molecule has 0 amide bonds. The minimum absolute atomic E-state index is 0.107. The summed E-state index contributed by atoms with van der Waals surface area (Å²) in [4.78, 5) is 0. The molecule has 0 aliphatic heterocycles. The van der Waals surface area contributed by atoms with Crippen LogP contribution in [0.3, 0.4) is 0 Å². The van der Waals surface area contributed by atoms with Crippen molar-refractivity contribution in [2.24, 2.45) is 0 Å². The molecule has 1 unspecified atom stereocenters. The van der Waals surface area contributed by atoms with Crippen LogP contribution in [0, 0.1) is 5.82 Å². The summed E-state index contributed by atoms with van der Waals surface area (Å²) in [5, 5.41) is 0.675. The van der Waals surface area contributed by atoms with E-state index in [-0.39, 0.29) is 17.5 Å². The van der Waals surface area contributed by atoms with Gasteiger partial charge < -0.3 is 0 Å². The van der Waals surface area contributed by atoms with Gasteiger partial charge in [0.25, 0.3) is 0 Å². The van der Waals surface area contributed by atoms with Crippen molar-refractivity contribution in [3.05, 3.63) is 35.6 Å². The van der Waals surface area contributed by atoms with Crippen LogP contribution < -0.4 is 0 Å². The van der Waals surface area contributed by atoms with Gasteiger partial charge in [-0.3, -0.25) is 0 Å². The Balaban J connectivity index is 2.71. The topological polar surface area (TPSA) is 34.1 Å². The zero-order valence-electron chi connectivity index (χ0n) is 8.99. The maximum atomic E-state index is 12.7. The summed E-state index contributed by atoms with van der Waals surface area (Å²) < 4.78 is 34.8. The maximum Gasteiger partial charge on any atom is 0.147 e. The van der Waals surface area contributed by atoms with Crippen LogP contribution in [0.5, 0.6) is 0 Å². The van der Waals surface area contributed by atoms with E-state index in [0.717, 1.165) is 5.56 Å². The van der Waals surface area contributed by atoms with E-state index >= 15 is 0 Å². The monoisotopic (exact) mass is 308 g/mol. The van der Waals surface area contributed by atoms with Crippen molar-refractivity contribution in [1.82, 2.24) is 0 Å². The molecule has 0 spiro atoms. The number of rotatable bonds is 5. The van der Waals surface area contributed by atoms with Crippen molar-refractivity contribution in [2.45, 2.75) is 12.3 Å². The van der Waals surface area contributed by atoms with Gasteiger partial charge in [-0.15, -0.1) is 0 Å². The second kappa shape index (κ2) is 5.77. The van der Waals surface area contributed by atoms with Gasteiger partial charge in [-0.2, -0.15) is 0 Å². The molecule has 0 N–H and O–H groups in total. The van der Waals surface area contributed by atoms with Crippen LogP contribution in [0.15, 0.2) is 24.3 Å². The Morgan fingerprint density at radius 3 is 2.31 bits per heavy atom. The molecule has 0 heterocycles. The van der Waals surface area contributed by atoms with E-state index in [9.17, 15) is 12.8 Å². The second-order valence-corrected chi connectivity index (χ2v) is 6.73. The fourth-order valence-electron chi connectivity index (χ4n) is 1.42. The predicted octanol–water partition coefficient (Wildman–Crippen LogP) is 2.74. The first-order valence-corrected chi connectivity index (χ1v) is 8.10. The van der Waals surface area contributed by atoms with Gasteiger partial charge in [0.05, 0.1) is 5.75 Å². The highest BCUT2D eigenvalue weighted by atomic mass is 79.9. The van der Waals surface area contributed by atoms with Crippen molar-refractivity contribution in [1.29, 1.82) is 0 Å².